The molecule has 232 valence electrons. The van der Waals surface area contributed by atoms with E-state index in [2.05, 4.69) is 16.6 Å². The molecule has 0 saturated carbocycles. The molecule has 0 radical (unpaired) electrons. The number of hydrogen-bond acceptors (Lipinski definition) is 5. The molecule has 0 spiro atoms. The average molecular weight is 598 g/mol. The number of phenols is 1. The molecule has 3 N–H and O–H groups in total. The van der Waals surface area contributed by atoms with Gasteiger partial charge in [0.2, 0.25) is 5.91 Å². The van der Waals surface area contributed by atoms with Crippen molar-refractivity contribution in [3.63, 3.8) is 0 Å². The van der Waals surface area contributed by atoms with Crippen molar-refractivity contribution in [2.75, 3.05) is 5.32 Å². The molecule has 8 nitrogen and oxygen atoms in total. The molecular weight excluding hydrogens is 554 g/mol. The molecule has 3 amide bonds. The van der Waals surface area contributed by atoms with Crippen LogP contribution in [0.15, 0.2) is 72.8 Å². The van der Waals surface area contributed by atoms with Crippen LogP contribution in [0.25, 0.3) is 0 Å². The number of phenolic OH excluding ortho intramolecular Hbond substituents is 1. The van der Waals surface area contributed by atoms with E-state index in [0.717, 1.165) is 5.56 Å². The summed E-state index contributed by atoms with van der Waals surface area (Å²) in [7, 11) is 0. The van der Waals surface area contributed by atoms with E-state index in [0.29, 0.717) is 28.8 Å². The maximum absolute atomic E-state index is 14.8. The van der Waals surface area contributed by atoms with Crippen LogP contribution in [-0.2, 0) is 20.7 Å². The Labute approximate surface area is 260 Å². The predicted octanol–water partition coefficient (Wildman–Crippen LogP) is 6.51. The largest absolute Gasteiger partial charge is 0.508 e. The summed E-state index contributed by atoms with van der Waals surface area (Å²) in [5.74, 6) is 1.80. The van der Waals surface area contributed by atoms with E-state index in [1.54, 1.807) is 63.2 Å². The molecule has 3 aromatic carbocycles. The summed E-state index contributed by atoms with van der Waals surface area (Å²) in [6.45, 7) is 12.8. The highest BCUT2D eigenvalue weighted by atomic mass is 16.6. The lowest BCUT2D eigenvalue weighted by Gasteiger charge is -2.45. The standard InChI is InChI=1S/C36H43N3O5/c1-9-26-16-12-13-17-28(26)31(32(41)37-29-18-14-11-15-24(29)3)39(36(7,8)10-2)33(42)30(38-34(43)44-35(4,5)6)23-25-19-21-27(40)22-20-25/h1,11-22,30-31,40H,10,23H2,2-8H3,(H,37,41)(H,38,43). The molecular formula is C36H43N3O5. The van der Waals surface area contributed by atoms with Crippen LogP contribution < -0.4 is 10.6 Å². The van der Waals surface area contributed by atoms with Crippen molar-refractivity contribution in [3.8, 4) is 18.1 Å². The molecule has 0 bridgehead atoms. The van der Waals surface area contributed by atoms with E-state index >= 15 is 0 Å². The number of alkyl carbamates (subject to hydrolysis) is 1. The summed E-state index contributed by atoms with van der Waals surface area (Å²) in [5.41, 5.74) is 1.44. The number of nitrogens with one attached hydrogen (secondary N) is 2. The van der Waals surface area contributed by atoms with E-state index < -0.39 is 41.1 Å². The van der Waals surface area contributed by atoms with Crippen LogP contribution in [0.4, 0.5) is 10.5 Å². The SMILES string of the molecule is C#Cc1ccccc1C(C(=O)Nc1ccccc1C)N(C(=O)C(Cc1ccc(O)cc1)NC(=O)OC(C)(C)C)C(C)(C)CC. The summed E-state index contributed by atoms with van der Waals surface area (Å²) < 4.78 is 5.52. The zero-order valence-corrected chi connectivity index (χ0v) is 26.6. The number of carbonyl (C=O) groups is 3. The van der Waals surface area contributed by atoms with Crippen molar-refractivity contribution in [1.29, 1.82) is 0 Å². The van der Waals surface area contributed by atoms with Gasteiger partial charge in [0.1, 0.15) is 23.4 Å². The number of terminal acetylenes is 1. The second kappa shape index (κ2) is 14.1. The van der Waals surface area contributed by atoms with Gasteiger partial charge in [0, 0.05) is 23.2 Å². The molecule has 2 unspecified atom stereocenters. The van der Waals surface area contributed by atoms with Crippen molar-refractivity contribution < 1.29 is 24.2 Å². The van der Waals surface area contributed by atoms with E-state index in [1.165, 1.54) is 17.0 Å². The molecule has 2 atom stereocenters. The Kier molecular flexibility index (Phi) is 10.8. The van der Waals surface area contributed by atoms with Crippen molar-refractivity contribution in [2.24, 2.45) is 0 Å². The first-order valence-electron chi connectivity index (χ1n) is 14.7. The Morgan fingerprint density at radius 2 is 1.57 bits per heavy atom. The number of rotatable bonds is 10. The van der Waals surface area contributed by atoms with Gasteiger partial charge >= 0.3 is 6.09 Å². The number of carbonyl (C=O) groups excluding carboxylic acids is 3. The molecule has 8 heteroatoms. The zero-order valence-electron chi connectivity index (χ0n) is 26.6. The smallest absolute Gasteiger partial charge is 0.408 e. The average Bonchev–Trinajstić information content (AvgIpc) is 2.96. The molecule has 3 aromatic rings. The lowest BCUT2D eigenvalue weighted by molar-refractivity contribution is -0.147. The maximum atomic E-state index is 14.8. The number of aromatic hydroxyl groups is 1. The van der Waals surface area contributed by atoms with Gasteiger partial charge in [-0.15, -0.1) is 6.42 Å². The van der Waals surface area contributed by atoms with Crippen molar-refractivity contribution in [1.82, 2.24) is 10.2 Å². The van der Waals surface area contributed by atoms with E-state index in [4.69, 9.17) is 11.2 Å². The number of hydrogen-bond donors (Lipinski definition) is 3. The van der Waals surface area contributed by atoms with Crippen LogP contribution in [0.5, 0.6) is 5.75 Å². The monoisotopic (exact) mass is 597 g/mol. The number of para-hydroxylation sites is 1. The number of ether oxygens (including phenoxy) is 1. The van der Waals surface area contributed by atoms with Gasteiger partial charge in [-0.1, -0.05) is 61.4 Å². The van der Waals surface area contributed by atoms with Gasteiger partial charge in [0.25, 0.3) is 5.91 Å². The van der Waals surface area contributed by atoms with E-state index in [-0.39, 0.29) is 12.2 Å². The fourth-order valence-electron chi connectivity index (χ4n) is 4.81. The molecule has 0 aliphatic heterocycles. The molecule has 0 aliphatic carbocycles. The molecule has 0 fully saturated rings. The Morgan fingerprint density at radius 1 is 0.955 bits per heavy atom. The third-order valence-electron chi connectivity index (χ3n) is 7.44. The number of aryl methyl sites for hydroxylation is 1. The fourth-order valence-corrected chi connectivity index (χ4v) is 4.81. The Bertz CT molecular complexity index is 1520. The minimum Gasteiger partial charge on any atom is -0.508 e. The first kappa shape index (κ1) is 33.7. The third-order valence-corrected chi connectivity index (χ3v) is 7.44. The van der Waals surface area contributed by atoms with Crippen LogP contribution in [0.1, 0.15) is 76.3 Å². The summed E-state index contributed by atoms with van der Waals surface area (Å²) in [6.07, 6.45) is 5.70. The highest BCUT2D eigenvalue weighted by Gasteiger charge is 2.44. The number of anilines is 1. The molecule has 3 rings (SSSR count). The van der Waals surface area contributed by atoms with Crippen LogP contribution >= 0.6 is 0 Å². The van der Waals surface area contributed by atoms with Gasteiger partial charge in [-0.05, 0) is 88.9 Å². The lowest BCUT2D eigenvalue weighted by Crippen LogP contribution is -2.59. The lowest BCUT2D eigenvalue weighted by atomic mass is 9.89. The molecule has 0 aliphatic rings. The maximum Gasteiger partial charge on any atom is 0.408 e. The quantitative estimate of drug-likeness (QED) is 0.231. The van der Waals surface area contributed by atoms with Crippen molar-refractivity contribution >= 4 is 23.6 Å². The number of nitrogens with zero attached hydrogens (tertiary/aromatic N) is 1. The first-order chi connectivity index (χ1) is 20.7. The first-order valence-corrected chi connectivity index (χ1v) is 14.7. The van der Waals surface area contributed by atoms with Gasteiger partial charge in [0.05, 0.1) is 0 Å². The molecule has 0 aromatic heterocycles. The highest BCUT2D eigenvalue weighted by molar-refractivity contribution is 6.00. The Hall–Kier alpha value is -4.77. The van der Waals surface area contributed by atoms with Gasteiger partial charge in [0.15, 0.2) is 0 Å². The van der Waals surface area contributed by atoms with Crippen LogP contribution in [0, 0.1) is 19.3 Å². The van der Waals surface area contributed by atoms with Crippen LogP contribution in [-0.4, -0.2) is 45.1 Å². The van der Waals surface area contributed by atoms with Gasteiger partial charge in [-0.25, -0.2) is 4.79 Å². The minimum atomic E-state index is -1.15. The van der Waals surface area contributed by atoms with Crippen molar-refractivity contribution in [3.05, 3.63) is 95.1 Å². The van der Waals surface area contributed by atoms with Gasteiger partial charge in [-0.2, -0.15) is 0 Å². The molecule has 44 heavy (non-hydrogen) atoms. The normalized spacial score (nSPS) is 12.8. The summed E-state index contributed by atoms with van der Waals surface area (Å²) in [5, 5.41) is 15.6. The third kappa shape index (κ3) is 8.63. The Balaban J connectivity index is 2.20. The number of amides is 3. The van der Waals surface area contributed by atoms with Gasteiger partial charge < -0.3 is 25.4 Å². The summed E-state index contributed by atoms with van der Waals surface area (Å²) in [6, 6.07) is 18.5. The van der Waals surface area contributed by atoms with E-state index in [1.807, 2.05) is 45.9 Å². The van der Waals surface area contributed by atoms with Crippen LogP contribution in [0.3, 0.4) is 0 Å². The van der Waals surface area contributed by atoms with Crippen molar-refractivity contribution in [2.45, 2.75) is 84.5 Å². The highest BCUT2D eigenvalue weighted by Crippen LogP contribution is 2.35. The topological polar surface area (TPSA) is 108 Å². The minimum absolute atomic E-state index is 0.0734. The van der Waals surface area contributed by atoms with Gasteiger partial charge in [-0.3, -0.25) is 9.59 Å². The Morgan fingerprint density at radius 3 is 2.16 bits per heavy atom. The second-order valence-corrected chi connectivity index (χ2v) is 12.4. The fraction of sp³-hybridized carbons (Fsp3) is 0.361. The van der Waals surface area contributed by atoms with Crippen LogP contribution in [0.2, 0.25) is 0 Å². The zero-order chi connectivity index (χ0) is 32.7. The molecule has 0 saturated heterocycles. The summed E-state index contributed by atoms with van der Waals surface area (Å²) in [4.78, 5) is 43.8. The second-order valence-electron chi connectivity index (χ2n) is 12.4. The number of benzene rings is 3. The molecule has 0 heterocycles. The summed E-state index contributed by atoms with van der Waals surface area (Å²) >= 11 is 0. The predicted molar refractivity (Wildman–Crippen MR) is 173 cm³/mol. The van der Waals surface area contributed by atoms with E-state index in [9.17, 15) is 19.5 Å².